The van der Waals surface area contributed by atoms with E-state index in [2.05, 4.69) is 32.6 Å². The molecule has 0 saturated heterocycles. The molecule has 3 rings (SSSR count). The highest BCUT2D eigenvalue weighted by Crippen LogP contribution is 2.24. The van der Waals surface area contributed by atoms with Gasteiger partial charge in [0.1, 0.15) is 17.2 Å². The number of ether oxygens (including phenoxy) is 3. The van der Waals surface area contributed by atoms with E-state index in [1.54, 1.807) is 24.3 Å². The zero-order valence-electron chi connectivity index (χ0n) is 25.8. The van der Waals surface area contributed by atoms with Crippen LogP contribution in [-0.2, 0) is 0 Å². The molecule has 0 unspecified atom stereocenters. The Kier molecular flexibility index (Phi) is 15.4. The number of carbonyl (C=O) groups excluding carboxylic acids is 1. The number of benzene rings is 3. The molecule has 0 bridgehead atoms. The summed E-state index contributed by atoms with van der Waals surface area (Å²) < 4.78 is 17.3. The molecule has 226 valence electrons. The van der Waals surface area contributed by atoms with Crippen LogP contribution in [0.5, 0.6) is 17.2 Å². The Morgan fingerprint density at radius 1 is 0.667 bits per heavy atom. The standard InChI is InChI=1S/C38H50O4/c1-4-6-7-8-9-10-11-14-29-40-35-23-21-33(22-24-35)32-17-19-34(20-18-32)38(39)42-37-27-25-36(26-28-37)41-30-15-12-13-16-31(3)5-2/h4,17-28,31H,1,5-16,29-30H2,2-3H3/t31-/m0/s1. The highest BCUT2D eigenvalue weighted by molar-refractivity contribution is 5.91. The summed E-state index contributed by atoms with van der Waals surface area (Å²) >= 11 is 0. The maximum Gasteiger partial charge on any atom is 0.343 e. The first-order chi connectivity index (χ1) is 20.6. The molecule has 1 atom stereocenters. The van der Waals surface area contributed by atoms with E-state index in [4.69, 9.17) is 14.2 Å². The predicted octanol–water partition coefficient (Wildman–Crippen LogP) is 10.9. The second-order valence-electron chi connectivity index (χ2n) is 11.2. The summed E-state index contributed by atoms with van der Waals surface area (Å²) in [6, 6.07) is 22.9. The normalized spacial score (nSPS) is 11.6. The van der Waals surface area contributed by atoms with Gasteiger partial charge in [-0.3, -0.25) is 0 Å². The van der Waals surface area contributed by atoms with Gasteiger partial charge in [0.15, 0.2) is 0 Å². The molecule has 0 aliphatic rings. The third kappa shape index (κ3) is 12.5. The van der Waals surface area contributed by atoms with E-state index in [0.29, 0.717) is 17.9 Å². The van der Waals surface area contributed by atoms with Crippen LogP contribution in [0, 0.1) is 5.92 Å². The van der Waals surface area contributed by atoms with Crippen LogP contribution in [0.4, 0.5) is 0 Å². The SMILES string of the molecule is C=CCCCCCCCCOc1ccc(-c2ccc(C(=O)Oc3ccc(OCCCCC[C@@H](C)CC)cc3)cc2)cc1. The van der Waals surface area contributed by atoms with E-state index in [9.17, 15) is 4.79 Å². The Bertz CT molecular complexity index is 1150. The number of allylic oxidation sites excluding steroid dienone is 1. The number of hydrogen-bond donors (Lipinski definition) is 0. The van der Waals surface area contributed by atoms with Crippen LogP contribution < -0.4 is 14.2 Å². The molecular formula is C38H50O4. The van der Waals surface area contributed by atoms with E-state index in [0.717, 1.165) is 54.4 Å². The van der Waals surface area contributed by atoms with Crippen LogP contribution in [0.3, 0.4) is 0 Å². The molecule has 4 nitrogen and oxygen atoms in total. The number of rotatable bonds is 21. The van der Waals surface area contributed by atoms with Crippen molar-refractivity contribution in [1.29, 1.82) is 0 Å². The minimum atomic E-state index is -0.378. The lowest BCUT2D eigenvalue weighted by Crippen LogP contribution is -2.08. The van der Waals surface area contributed by atoms with Crippen LogP contribution in [0.1, 0.15) is 101 Å². The van der Waals surface area contributed by atoms with Crippen molar-refractivity contribution in [2.45, 2.75) is 90.9 Å². The van der Waals surface area contributed by atoms with Crippen molar-refractivity contribution in [3.8, 4) is 28.4 Å². The molecule has 0 aliphatic heterocycles. The molecule has 42 heavy (non-hydrogen) atoms. The summed E-state index contributed by atoms with van der Waals surface area (Å²) in [6.07, 6.45) is 16.6. The van der Waals surface area contributed by atoms with Crippen molar-refractivity contribution in [2.75, 3.05) is 13.2 Å². The van der Waals surface area contributed by atoms with Gasteiger partial charge in [-0.25, -0.2) is 4.79 Å². The average Bonchev–Trinajstić information content (AvgIpc) is 3.03. The topological polar surface area (TPSA) is 44.8 Å². The first-order valence-corrected chi connectivity index (χ1v) is 16.0. The highest BCUT2D eigenvalue weighted by Gasteiger charge is 2.10. The minimum Gasteiger partial charge on any atom is -0.494 e. The van der Waals surface area contributed by atoms with E-state index < -0.39 is 0 Å². The molecule has 0 N–H and O–H groups in total. The molecule has 3 aromatic carbocycles. The molecule has 0 fully saturated rings. The summed E-state index contributed by atoms with van der Waals surface area (Å²) in [4.78, 5) is 12.7. The zero-order chi connectivity index (χ0) is 29.8. The number of carbonyl (C=O) groups is 1. The quantitative estimate of drug-likeness (QED) is 0.0553. The Morgan fingerprint density at radius 2 is 1.14 bits per heavy atom. The molecule has 4 heteroatoms. The Morgan fingerprint density at radius 3 is 1.71 bits per heavy atom. The Hall–Kier alpha value is -3.53. The minimum absolute atomic E-state index is 0.378. The summed E-state index contributed by atoms with van der Waals surface area (Å²) in [5.41, 5.74) is 2.63. The molecule has 0 spiro atoms. The molecule has 0 heterocycles. The van der Waals surface area contributed by atoms with Crippen LogP contribution in [0.25, 0.3) is 11.1 Å². The number of unbranched alkanes of at least 4 members (excludes halogenated alkanes) is 8. The number of esters is 1. The second-order valence-corrected chi connectivity index (χ2v) is 11.2. The van der Waals surface area contributed by atoms with E-state index in [-0.39, 0.29) is 5.97 Å². The first-order valence-electron chi connectivity index (χ1n) is 16.0. The Balaban J connectivity index is 1.35. The first kappa shape index (κ1) is 33.0. The van der Waals surface area contributed by atoms with Gasteiger partial charge in [-0.15, -0.1) is 6.58 Å². The molecule has 0 amide bonds. The molecular weight excluding hydrogens is 520 g/mol. The summed E-state index contributed by atoms with van der Waals surface area (Å²) in [7, 11) is 0. The van der Waals surface area contributed by atoms with Crippen LogP contribution in [0.15, 0.2) is 85.5 Å². The van der Waals surface area contributed by atoms with E-state index >= 15 is 0 Å². The predicted molar refractivity (Wildman–Crippen MR) is 175 cm³/mol. The van der Waals surface area contributed by atoms with Crippen LogP contribution in [-0.4, -0.2) is 19.2 Å². The van der Waals surface area contributed by atoms with Gasteiger partial charge in [0, 0.05) is 0 Å². The second kappa shape index (κ2) is 19.6. The molecule has 0 radical (unpaired) electrons. The van der Waals surface area contributed by atoms with Crippen molar-refractivity contribution in [1.82, 2.24) is 0 Å². The van der Waals surface area contributed by atoms with Gasteiger partial charge in [-0.2, -0.15) is 0 Å². The van der Waals surface area contributed by atoms with Gasteiger partial charge < -0.3 is 14.2 Å². The summed E-state index contributed by atoms with van der Waals surface area (Å²) in [5.74, 6) is 2.62. The van der Waals surface area contributed by atoms with Gasteiger partial charge in [-0.05, 0) is 91.3 Å². The van der Waals surface area contributed by atoms with Gasteiger partial charge in [-0.1, -0.05) is 95.6 Å². The fraction of sp³-hybridized carbons (Fsp3) is 0.447. The fourth-order valence-electron chi connectivity index (χ4n) is 4.77. The average molecular weight is 571 g/mol. The maximum absolute atomic E-state index is 12.7. The number of hydrogen-bond acceptors (Lipinski definition) is 4. The lowest BCUT2D eigenvalue weighted by Gasteiger charge is -2.10. The molecule has 0 saturated carbocycles. The van der Waals surface area contributed by atoms with Crippen molar-refractivity contribution >= 4 is 5.97 Å². The lowest BCUT2D eigenvalue weighted by molar-refractivity contribution is 0.0734. The van der Waals surface area contributed by atoms with Crippen LogP contribution in [0.2, 0.25) is 0 Å². The van der Waals surface area contributed by atoms with Gasteiger partial charge in [0.05, 0.1) is 18.8 Å². The zero-order valence-corrected chi connectivity index (χ0v) is 25.8. The molecule has 3 aromatic rings. The highest BCUT2D eigenvalue weighted by atomic mass is 16.5. The third-order valence-corrected chi connectivity index (χ3v) is 7.72. The molecule has 0 aliphatic carbocycles. The largest absolute Gasteiger partial charge is 0.494 e. The van der Waals surface area contributed by atoms with Gasteiger partial charge >= 0.3 is 5.97 Å². The summed E-state index contributed by atoms with van der Waals surface area (Å²) in [5, 5.41) is 0. The third-order valence-electron chi connectivity index (χ3n) is 7.72. The monoisotopic (exact) mass is 570 g/mol. The van der Waals surface area contributed by atoms with Crippen LogP contribution >= 0.6 is 0 Å². The van der Waals surface area contributed by atoms with Crippen molar-refractivity contribution in [2.24, 2.45) is 5.92 Å². The van der Waals surface area contributed by atoms with Crippen molar-refractivity contribution in [3.05, 3.63) is 91.0 Å². The van der Waals surface area contributed by atoms with E-state index in [1.165, 1.54) is 57.8 Å². The fourth-order valence-corrected chi connectivity index (χ4v) is 4.77. The maximum atomic E-state index is 12.7. The van der Waals surface area contributed by atoms with Crippen molar-refractivity contribution < 1.29 is 19.0 Å². The Labute approximate surface area is 254 Å². The summed E-state index contributed by atoms with van der Waals surface area (Å²) in [6.45, 7) is 9.79. The smallest absolute Gasteiger partial charge is 0.343 e. The van der Waals surface area contributed by atoms with Gasteiger partial charge in [0.2, 0.25) is 0 Å². The lowest BCUT2D eigenvalue weighted by atomic mass is 10.0. The van der Waals surface area contributed by atoms with Gasteiger partial charge in [0.25, 0.3) is 0 Å². The van der Waals surface area contributed by atoms with Crippen molar-refractivity contribution in [3.63, 3.8) is 0 Å². The molecule has 0 aromatic heterocycles. The van der Waals surface area contributed by atoms with E-state index in [1.807, 2.05) is 42.5 Å².